The first-order chi connectivity index (χ1) is 13.5. The zero-order chi connectivity index (χ0) is 20.1. The van der Waals surface area contributed by atoms with Gasteiger partial charge in [-0.3, -0.25) is 14.9 Å². The molecule has 1 aromatic carbocycles. The van der Waals surface area contributed by atoms with Crippen LogP contribution in [0.1, 0.15) is 20.8 Å². The lowest BCUT2D eigenvalue weighted by Crippen LogP contribution is -2.20. The molecule has 0 spiro atoms. The summed E-state index contributed by atoms with van der Waals surface area (Å²) in [6.45, 7) is -0.256. The smallest absolute Gasteiger partial charge is 0.354 e. The normalized spacial score (nSPS) is 10.3. The molecule has 0 atom stereocenters. The van der Waals surface area contributed by atoms with Crippen LogP contribution < -0.4 is 15.8 Å². The first-order valence-electron chi connectivity index (χ1n) is 8.01. The highest BCUT2D eigenvalue weighted by Gasteiger charge is 2.13. The van der Waals surface area contributed by atoms with Crippen LogP contribution in [0.3, 0.4) is 0 Å². The van der Waals surface area contributed by atoms with Crippen molar-refractivity contribution in [3.8, 4) is 17.0 Å². The van der Waals surface area contributed by atoms with Gasteiger partial charge in [0.25, 0.3) is 5.91 Å². The van der Waals surface area contributed by atoms with E-state index in [9.17, 15) is 14.4 Å². The van der Waals surface area contributed by atoms with E-state index >= 15 is 0 Å². The number of primary amides is 1. The van der Waals surface area contributed by atoms with Gasteiger partial charge in [-0.15, -0.1) is 11.3 Å². The summed E-state index contributed by atoms with van der Waals surface area (Å²) in [5.41, 5.74) is 7.10. The fraction of sp³-hybridized carbons (Fsp3) is 0.111. The molecule has 4 N–H and O–H groups in total. The number of hydrogen-bond donors (Lipinski definition) is 3. The van der Waals surface area contributed by atoms with Crippen LogP contribution in [0, 0.1) is 0 Å². The van der Waals surface area contributed by atoms with E-state index in [1.54, 1.807) is 35.8 Å². The van der Waals surface area contributed by atoms with Gasteiger partial charge in [-0.1, -0.05) is 6.07 Å². The van der Waals surface area contributed by atoms with Gasteiger partial charge >= 0.3 is 5.97 Å². The zero-order valence-corrected chi connectivity index (χ0v) is 15.5. The third-order valence-electron chi connectivity index (χ3n) is 3.62. The molecule has 2 amide bonds. The van der Waals surface area contributed by atoms with E-state index < -0.39 is 17.8 Å². The van der Waals surface area contributed by atoms with Crippen molar-refractivity contribution in [2.45, 2.75) is 0 Å². The zero-order valence-electron chi connectivity index (χ0n) is 14.7. The second kappa shape index (κ2) is 8.35. The van der Waals surface area contributed by atoms with Gasteiger partial charge in [-0.25, -0.2) is 9.78 Å². The summed E-state index contributed by atoms with van der Waals surface area (Å²) in [5, 5.41) is 4.76. The lowest BCUT2D eigenvalue weighted by molar-refractivity contribution is -0.118. The third kappa shape index (κ3) is 4.54. The fourth-order valence-electron chi connectivity index (χ4n) is 2.28. The second-order valence-corrected chi connectivity index (χ2v) is 6.42. The molecule has 2 aromatic heterocycles. The highest BCUT2D eigenvalue weighted by atomic mass is 32.1. The molecule has 2 heterocycles. The number of H-pyrrole nitrogens is 1. The average molecular weight is 400 g/mol. The quantitative estimate of drug-likeness (QED) is 0.519. The summed E-state index contributed by atoms with van der Waals surface area (Å²) >= 11 is 1.23. The Hall–Kier alpha value is -3.66. The van der Waals surface area contributed by atoms with Gasteiger partial charge in [-0.05, 0) is 24.3 Å². The monoisotopic (exact) mass is 400 g/mol. The van der Waals surface area contributed by atoms with Gasteiger partial charge in [-0.2, -0.15) is 0 Å². The number of esters is 1. The van der Waals surface area contributed by atoms with Crippen LogP contribution in [-0.4, -0.2) is 41.5 Å². The number of methoxy groups -OCH3 is 1. The number of benzene rings is 1. The first kappa shape index (κ1) is 19.1. The van der Waals surface area contributed by atoms with Crippen LogP contribution in [0.25, 0.3) is 11.3 Å². The molecule has 0 radical (unpaired) electrons. The van der Waals surface area contributed by atoms with Crippen LogP contribution >= 0.6 is 11.3 Å². The van der Waals surface area contributed by atoms with Gasteiger partial charge in [0.05, 0.1) is 12.8 Å². The van der Waals surface area contributed by atoms with Crippen molar-refractivity contribution in [1.82, 2.24) is 9.97 Å². The minimum absolute atomic E-state index is 0.256. The Morgan fingerprint density at radius 3 is 2.86 bits per heavy atom. The number of nitrogens with zero attached hydrogens (tertiary/aromatic N) is 1. The van der Waals surface area contributed by atoms with E-state index in [0.29, 0.717) is 33.4 Å². The molecule has 0 aliphatic rings. The Kier molecular flexibility index (Phi) is 5.70. The maximum absolute atomic E-state index is 12.1. The van der Waals surface area contributed by atoms with E-state index in [1.165, 1.54) is 24.5 Å². The maximum Gasteiger partial charge on any atom is 0.354 e. The predicted molar refractivity (Wildman–Crippen MR) is 102 cm³/mol. The minimum atomic E-state index is -0.578. The molecular weight excluding hydrogens is 384 g/mol. The van der Waals surface area contributed by atoms with E-state index in [0.717, 1.165) is 0 Å². The number of carbonyl (C=O) groups is 3. The predicted octanol–water partition coefficient (Wildman–Crippen LogP) is 2.04. The third-order valence-corrected chi connectivity index (χ3v) is 4.38. The highest BCUT2D eigenvalue weighted by Crippen LogP contribution is 2.25. The molecule has 0 aliphatic heterocycles. The molecule has 3 rings (SSSR count). The van der Waals surface area contributed by atoms with E-state index in [1.807, 2.05) is 0 Å². The molecule has 0 saturated carbocycles. The number of amides is 2. The highest BCUT2D eigenvalue weighted by molar-refractivity contribution is 7.14. The topological polar surface area (TPSA) is 136 Å². The minimum Gasteiger partial charge on any atom is -0.484 e. The fourth-order valence-corrected chi connectivity index (χ4v) is 3.01. The summed E-state index contributed by atoms with van der Waals surface area (Å²) in [6, 6.07) is 7.86. The largest absolute Gasteiger partial charge is 0.484 e. The molecular formula is C18H16N4O5S. The summed E-state index contributed by atoms with van der Waals surface area (Å²) in [7, 11) is 1.30. The molecule has 9 nitrogen and oxygen atoms in total. The SMILES string of the molecule is COC(=O)c1cc(-c2csc(NC(=O)COc3cccc(C(N)=O)c3)n2)c[nH]1. The molecule has 10 heteroatoms. The number of nitrogens with two attached hydrogens (primary N) is 1. The number of rotatable bonds is 7. The number of carbonyl (C=O) groups excluding carboxylic acids is 3. The van der Waals surface area contributed by atoms with Crippen LogP contribution in [0.5, 0.6) is 5.75 Å². The number of ether oxygens (including phenoxy) is 2. The summed E-state index contributed by atoms with van der Waals surface area (Å²) < 4.78 is 10.0. The van der Waals surface area contributed by atoms with Crippen molar-refractivity contribution in [2.75, 3.05) is 19.0 Å². The number of nitrogens with one attached hydrogen (secondary N) is 2. The Labute approximate surface area is 163 Å². The Bertz CT molecular complexity index is 1030. The van der Waals surface area contributed by atoms with Crippen molar-refractivity contribution < 1.29 is 23.9 Å². The van der Waals surface area contributed by atoms with Gasteiger partial charge in [0.2, 0.25) is 5.91 Å². The number of aromatic nitrogens is 2. The van der Waals surface area contributed by atoms with Gasteiger partial charge < -0.3 is 20.2 Å². The van der Waals surface area contributed by atoms with Crippen molar-refractivity contribution >= 4 is 34.3 Å². The standard InChI is InChI=1S/C18H16N4O5S/c1-26-17(25)13-6-11(7-20-13)14-9-28-18(21-14)22-15(23)8-27-12-4-2-3-10(5-12)16(19)24/h2-7,9,20H,8H2,1H3,(H2,19,24)(H,21,22,23). The lowest BCUT2D eigenvalue weighted by atomic mass is 10.2. The average Bonchev–Trinajstić information content (AvgIpc) is 3.35. The number of thiazole rings is 1. The van der Waals surface area contributed by atoms with Crippen molar-refractivity contribution in [3.05, 3.63) is 53.2 Å². The lowest BCUT2D eigenvalue weighted by Gasteiger charge is -2.06. The summed E-state index contributed by atoms with van der Waals surface area (Å²) in [6.07, 6.45) is 1.63. The maximum atomic E-state index is 12.1. The van der Waals surface area contributed by atoms with Crippen LogP contribution in [-0.2, 0) is 9.53 Å². The Morgan fingerprint density at radius 2 is 2.11 bits per heavy atom. The Morgan fingerprint density at radius 1 is 1.29 bits per heavy atom. The van der Waals surface area contributed by atoms with Crippen LogP contribution in [0.4, 0.5) is 5.13 Å². The molecule has 0 unspecified atom stereocenters. The molecule has 0 aliphatic carbocycles. The summed E-state index contributed by atoms with van der Waals surface area (Å²) in [5.74, 6) is -1.11. The molecule has 0 fully saturated rings. The van der Waals surface area contributed by atoms with E-state index in [2.05, 4.69) is 20.0 Å². The van der Waals surface area contributed by atoms with Crippen molar-refractivity contribution in [3.63, 3.8) is 0 Å². The second-order valence-electron chi connectivity index (χ2n) is 5.56. The van der Waals surface area contributed by atoms with Gasteiger partial charge in [0.1, 0.15) is 11.4 Å². The molecule has 0 bridgehead atoms. The van der Waals surface area contributed by atoms with Gasteiger partial charge in [0.15, 0.2) is 11.7 Å². The van der Waals surface area contributed by atoms with Crippen molar-refractivity contribution in [1.29, 1.82) is 0 Å². The van der Waals surface area contributed by atoms with Crippen LogP contribution in [0.2, 0.25) is 0 Å². The molecule has 28 heavy (non-hydrogen) atoms. The van der Waals surface area contributed by atoms with Crippen LogP contribution in [0.15, 0.2) is 41.9 Å². The van der Waals surface area contributed by atoms with Crippen molar-refractivity contribution in [2.24, 2.45) is 5.73 Å². The molecule has 144 valence electrons. The van der Waals surface area contributed by atoms with Gasteiger partial charge in [0, 0.05) is 22.7 Å². The number of anilines is 1. The Balaban J connectivity index is 1.58. The number of hydrogen-bond acceptors (Lipinski definition) is 7. The van der Waals surface area contributed by atoms with E-state index in [4.69, 9.17) is 10.5 Å². The molecule has 3 aromatic rings. The van der Waals surface area contributed by atoms with E-state index in [-0.39, 0.29) is 6.61 Å². The number of aromatic amines is 1. The summed E-state index contributed by atoms with van der Waals surface area (Å²) in [4.78, 5) is 41.8. The molecule has 0 saturated heterocycles. The first-order valence-corrected chi connectivity index (χ1v) is 8.89.